The normalized spacial score (nSPS) is 11.4. The number of halogens is 3. The molecular weight excluding hydrogens is 251 g/mol. The van der Waals surface area contributed by atoms with Gasteiger partial charge in [-0.15, -0.1) is 0 Å². The summed E-state index contributed by atoms with van der Waals surface area (Å²) in [5.41, 5.74) is 1.47. The molecule has 0 heterocycles. The van der Waals surface area contributed by atoms with E-state index in [9.17, 15) is 13.2 Å². The van der Waals surface area contributed by atoms with E-state index in [1.807, 2.05) is 30.3 Å². The predicted octanol–water partition coefficient (Wildman–Crippen LogP) is 4.63. The zero-order chi connectivity index (χ0) is 13.9. The van der Waals surface area contributed by atoms with E-state index in [0.717, 1.165) is 17.7 Å². The molecule has 1 nitrogen and oxygen atoms in total. The fraction of sp³-hybridized carbons (Fsp3) is 0.200. The van der Waals surface area contributed by atoms with Crippen molar-refractivity contribution in [2.45, 2.75) is 19.6 Å². The second kappa shape index (κ2) is 5.34. The summed E-state index contributed by atoms with van der Waals surface area (Å²) in [4.78, 5) is 0. The van der Waals surface area contributed by atoms with Gasteiger partial charge in [0.1, 0.15) is 0 Å². The van der Waals surface area contributed by atoms with Crippen LogP contribution in [-0.4, -0.2) is 0 Å². The van der Waals surface area contributed by atoms with E-state index in [0.29, 0.717) is 17.8 Å². The summed E-state index contributed by atoms with van der Waals surface area (Å²) in [6, 6.07) is 13.5. The minimum Gasteiger partial charge on any atom is -0.381 e. The van der Waals surface area contributed by atoms with Crippen LogP contribution in [0.5, 0.6) is 0 Å². The molecular formula is C15H14F3N. The highest BCUT2D eigenvalue weighted by Crippen LogP contribution is 2.31. The Bertz CT molecular complexity index is 547. The van der Waals surface area contributed by atoms with Gasteiger partial charge < -0.3 is 5.32 Å². The summed E-state index contributed by atoms with van der Waals surface area (Å²) in [7, 11) is 0. The van der Waals surface area contributed by atoms with Gasteiger partial charge in [0, 0.05) is 12.2 Å². The van der Waals surface area contributed by atoms with Crippen molar-refractivity contribution in [1.29, 1.82) is 0 Å². The SMILES string of the molecule is Cc1cc(NCc2ccccc2)cc(C(F)(F)F)c1. The molecule has 0 aliphatic heterocycles. The minimum atomic E-state index is -4.31. The summed E-state index contributed by atoms with van der Waals surface area (Å²) in [6.07, 6.45) is -4.31. The molecule has 0 aliphatic rings. The molecule has 0 amide bonds. The van der Waals surface area contributed by atoms with E-state index in [2.05, 4.69) is 5.32 Å². The largest absolute Gasteiger partial charge is 0.416 e. The first-order valence-electron chi connectivity index (χ1n) is 5.92. The van der Waals surface area contributed by atoms with Gasteiger partial charge >= 0.3 is 6.18 Å². The van der Waals surface area contributed by atoms with Crippen LogP contribution in [0.25, 0.3) is 0 Å². The number of benzene rings is 2. The molecule has 0 unspecified atom stereocenters. The standard InChI is InChI=1S/C15H14F3N/c1-11-7-13(15(16,17)18)9-14(8-11)19-10-12-5-3-2-4-6-12/h2-9,19H,10H2,1H3. The van der Waals surface area contributed by atoms with Crippen molar-refractivity contribution < 1.29 is 13.2 Å². The van der Waals surface area contributed by atoms with Crippen molar-refractivity contribution in [2.75, 3.05) is 5.32 Å². The van der Waals surface area contributed by atoms with Gasteiger partial charge in [0.05, 0.1) is 5.56 Å². The Labute approximate surface area is 110 Å². The van der Waals surface area contributed by atoms with Crippen LogP contribution < -0.4 is 5.32 Å². The second-order valence-electron chi connectivity index (χ2n) is 4.42. The topological polar surface area (TPSA) is 12.0 Å². The van der Waals surface area contributed by atoms with Gasteiger partial charge in [-0.2, -0.15) is 13.2 Å². The third-order valence-corrected chi connectivity index (χ3v) is 2.74. The molecule has 1 N–H and O–H groups in total. The smallest absolute Gasteiger partial charge is 0.381 e. The zero-order valence-electron chi connectivity index (χ0n) is 10.5. The van der Waals surface area contributed by atoms with E-state index in [1.54, 1.807) is 13.0 Å². The minimum absolute atomic E-state index is 0.483. The molecule has 0 saturated heterocycles. The summed E-state index contributed by atoms with van der Waals surface area (Å²) in [6.45, 7) is 2.16. The van der Waals surface area contributed by atoms with Gasteiger partial charge in [-0.1, -0.05) is 30.3 Å². The van der Waals surface area contributed by atoms with Crippen LogP contribution in [-0.2, 0) is 12.7 Å². The molecule has 0 radical (unpaired) electrons. The lowest BCUT2D eigenvalue weighted by Crippen LogP contribution is -2.07. The van der Waals surface area contributed by atoms with Crippen LogP contribution in [0.4, 0.5) is 18.9 Å². The fourth-order valence-corrected chi connectivity index (χ4v) is 1.85. The second-order valence-corrected chi connectivity index (χ2v) is 4.42. The monoisotopic (exact) mass is 265 g/mol. The van der Waals surface area contributed by atoms with Crippen molar-refractivity contribution >= 4 is 5.69 Å². The van der Waals surface area contributed by atoms with Crippen molar-refractivity contribution in [3.8, 4) is 0 Å². The van der Waals surface area contributed by atoms with E-state index >= 15 is 0 Å². The average molecular weight is 265 g/mol. The van der Waals surface area contributed by atoms with Crippen LogP contribution >= 0.6 is 0 Å². The Balaban J connectivity index is 2.15. The highest BCUT2D eigenvalue weighted by molar-refractivity contribution is 5.49. The summed E-state index contributed by atoms with van der Waals surface area (Å²) >= 11 is 0. The Kier molecular flexibility index (Phi) is 3.79. The van der Waals surface area contributed by atoms with Crippen LogP contribution in [0.15, 0.2) is 48.5 Å². The first kappa shape index (κ1) is 13.5. The number of alkyl halides is 3. The molecule has 0 bridgehead atoms. The molecule has 0 saturated carbocycles. The van der Waals surface area contributed by atoms with Crippen molar-refractivity contribution in [2.24, 2.45) is 0 Å². The predicted molar refractivity (Wildman–Crippen MR) is 69.9 cm³/mol. The maximum Gasteiger partial charge on any atom is 0.416 e. The van der Waals surface area contributed by atoms with Crippen molar-refractivity contribution in [1.82, 2.24) is 0 Å². The van der Waals surface area contributed by atoms with Crippen LogP contribution in [0.2, 0.25) is 0 Å². The van der Waals surface area contributed by atoms with Gasteiger partial charge in [0.2, 0.25) is 0 Å². The molecule has 0 aliphatic carbocycles. The maximum absolute atomic E-state index is 12.7. The molecule has 0 spiro atoms. The summed E-state index contributed by atoms with van der Waals surface area (Å²) in [5, 5.41) is 3.01. The highest BCUT2D eigenvalue weighted by Gasteiger charge is 2.30. The van der Waals surface area contributed by atoms with Gasteiger partial charge in [-0.3, -0.25) is 0 Å². The van der Waals surface area contributed by atoms with Gasteiger partial charge in [-0.05, 0) is 36.2 Å². The number of aryl methyl sites for hydroxylation is 1. The number of hydrogen-bond donors (Lipinski definition) is 1. The molecule has 0 atom stereocenters. The Morgan fingerprint density at radius 1 is 1.00 bits per heavy atom. The van der Waals surface area contributed by atoms with Crippen LogP contribution in [0.3, 0.4) is 0 Å². The van der Waals surface area contributed by atoms with Gasteiger partial charge in [0.25, 0.3) is 0 Å². The molecule has 0 aromatic heterocycles. The lowest BCUT2D eigenvalue weighted by molar-refractivity contribution is -0.137. The fourth-order valence-electron chi connectivity index (χ4n) is 1.85. The number of hydrogen-bond acceptors (Lipinski definition) is 1. The highest BCUT2D eigenvalue weighted by atomic mass is 19.4. The number of nitrogens with one attached hydrogen (secondary N) is 1. The molecule has 100 valence electrons. The number of rotatable bonds is 3. The zero-order valence-corrected chi connectivity index (χ0v) is 10.5. The first-order chi connectivity index (χ1) is 8.95. The molecule has 2 rings (SSSR count). The quantitative estimate of drug-likeness (QED) is 0.853. The van der Waals surface area contributed by atoms with E-state index in [-0.39, 0.29) is 0 Å². The lowest BCUT2D eigenvalue weighted by atomic mass is 10.1. The van der Waals surface area contributed by atoms with Crippen molar-refractivity contribution in [3.05, 3.63) is 65.2 Å². The molecule has 4 heteroatoms. The van der Waals surface area contributed by atoms with Gasteiger partial charge in [0.15, 0.2) is 0 Å². The average Bonchev–Trinajstić information content (AvgIpc) is 2.36. The van der Waals surface area contributed by atoms with Crippen molar-refractivity contribution in [3.63, 3.8) is 0 Å². The van der Waals surface area contributed by atoms with Crippen LogP contribution in [0, 0.1) is 6.92 Å². The third kappa shape index (κ3) is 3.74. The molecule has 2 aromatic carbocycles. The van der Waals surface area contributed by atoms with E-state index in [4.69, 9.17) is 0 Å². The maximum atomic E-state index is 12.7. The summed E-state index contributed by atoms with van der Waals surface area (Å²) in [5.74, 6) is 0. The third-order valence-electron chi connectivity index (χ3n) is 2.74. The van der Waals surface area contributed by atoms with E-state index < -0.39 is 11.7 Å². The lowest BCUT2D eigenvalue weighted by Gasteiger charge is -2.12. The molecule has 0 fully saturated rings. The van der Waals surface area contributed by atoms with E-state index in [1.165, 1.54) is 0 Å². The van der Waals surface area contributed by atoms with Gasteiger partial charge in [-0.25, -0.2) is 0 Å². The number of anilines is 1. The Morgan fingerprint density at radius 2 is 1.68 bits per heavy atom. The molecule has 2 aromatic rings. The van der Waals surface area contributed by atoms with Crippen LogP contribution in [0.1, 0.15) is 16.7 Å². The first-order valence-corrected chi connectivity index (χ1v) is 5.92. The Hall–Kier alpha value is -1.97. The summed E-state index contributed by atoms with van der Waals surface area (Å²) < 4.78 is 38.0. The Morgan fingerprint density at radius 3 is 2.32 bits per heavy atom. The molecule has 19 heavy (non-hydrogen) atoms.